The summed E-state index contributed by atoms with van der Waals surface area (Å²) in [7, 11) is 0. The molecule has 0 amide bonds. The first kappa shape index (κ1) is 20.6. The fourth-order valence-electron chi connectivity index (χ4n) is 6.08. The quantitative estimate of drug-likeness (QED) is 0.241. The van der Waals surface area contributed by atoms with Crippen LogP contribution in [-0.2, 0) is 0 Å². The van der Waals surface area contributed by atoms with Crippen LogP contribution in [0.1, 0.15) is 0 Å². The van der Waals surface area contributed by atoms with E-state index in [-0.39, 0.29) is 0 Å². The molecule has 0 aliphatic carbocycles. The normalized spacial score (nSPS) is 12.1. The van der Waals surface area contributed by atoms with Crippen molar-refractivity contribution in [1.29, 1.82) is 0 Å². The third-order valence-corrected chi connectivity index (χ3v) is 7.75. The Kier molecular flexibility index (Phi) is 3.96. The van der Waals surface area contributed by atoms with Crippen molar-refractivity contribution >= 4 is 65.7 Å². The number of fused-ring (bicyclic) bond motifs is 9. The van der Waals surface area contributed by atoms with Gasteiger partial charge in [0.25, 0.3) is 0 Å². The van der Waals surface area contributed by atoms with Gasteiger partial charge in [-0.2, -0.15) is 0 Å². The molecule has 0 N–H and O–H groups in total. The fraction of sp³-hybridized carbons (Fsp3) is 0. The summed E-state index contributed by atoms with van der Waals surface area (Å²) in [5.41, 5.74) is 9.25. The van der Waals surface area contributed by atoms with Crippen LogP contribution in [0.3, 0.4) is 0 Å². The molecule has 0 fully saturated rings. The van der Waals surface area contributed by atoms with E-state index in [2.05, 4.69) is 85.8 Å². The number of furan rings is 1. The van der Waals surface area contributed by atoms with E-state index >= 15 is 0 Å². The van der Waals surface area contributed by atoms with E-state index in [4.69, 9.17) is 9.40 Å². The number of hydrogen-bond acceptors (Lipinski definition) is 4. The zero-order valence-corrected chi connectivity index (χ0v) is 20.6. The van der Waals surface area contributed by atoms with Crippen molar-refractivity contribution < 1.29 is 4.42 Å². The van der Waals surface area contributed by atoms with Crippen LogP contribution >= 0.6 is 0 Å². The number of nitrogens with zero attached hydrogens (tertiary/aromatic N) is 5. The van der Waals surface area contributed by atoms with Gasteiger partial charge in [-0.3, -0.25) is 15.0 Å². The Morgan fingerprint density at radius 3 is 1.97 bits per heavy atom. The molecule has 9 rings (SSSR count). The fourth-order valence-corrected chi connectivity index (χ4v) is 6.08. The van der Waals surface area contributed by atoms with Gasteiger partial charge in [-0.1, -0.05) is 18.2 Å². The summed E-state index contributed by atoms with van der Waals surface area (Å²) < 4.78 is 10.7. The average Bonchev–Trinajstić information content (AvgIpc) is 3.64. The molecular formula is C33H19N5O. The Morgan fingerprint density at radius 2 is 1.15 bits per heavy atom. The van der Waals surface area contributed by atoms with E-state index in [0.717, 1.165) is 77.1 Å². The van der Waals surface area contributed by atoms with E-state index in [1.165, 1.54) is 0 Å². The average molecular weight is 502 g/mol. The van der Waals surface area contributed by atoms with E-state index in [9.17, 15) is 0 Å². The van der Waals surface area contributed by atoms with Gasteiger partial charge in [0.1, 0.15) is 11.2 Å². The number of benzene rings is 3. The van der Waals surface area contributed by atoms with Crippen LogP contribution in [0.25, 0.3) is 77.1 Å². The molecular weight excluding hydrogens is 482 g/mol. The van der Waals surface area contributed by atoms with Gasteiger partial charge in [-0.15, -0.1) is 0 Å². The SMILES string of the molecule is c1ccc2c(c1)oc1ccc(-n3c4ccc(-n5c6ccncc6c6cnccc65)cc4c4ncccc43)cc12. The number of rotatable bonds is 2. The molecule has 182 valence electrons. The minimum absolute atomic E-state index is 0.886. The molecule has 0 saturated heterocycles. The van der Waals surface area contributed by atoms with E-state index in [1.54, 1.807) is 0 Å². The Balaban J connectivity index is 1.34. The van der Waals surface area contributed by atoms with E-state index < -0.39 is 0 Å². The molecule has 39 heavy (non-hydrogen) atoms. The highest BCUT2D eigenvalue weighted by molar-refractivity contribution is 6.11. The highest BCUT2D eigenvalue weighted by Gasteiger charge is 2.18. The predicted molar refractivity (Wildman–Crippen MR) is 156 cm³/mol. The Labute approximate surface area is 221 Å². The number of aromatic nitrogens is 5. The number of para-hydroxylation sites is 1. The second-order valence-corrected chi connectivity index (χ2v) is 9.81. The van der Waals surface area contributed by atoms with Gasteiger partial charge in [0.15, 0.2) is 0 Å². The Morgan fingerprint density at radius 1 is 0.487 bits per heavy atom. The van der Waals surface area contributed by atoms with E-state index in [0.29, 0.717) is 0 Å². The Hall–Kier alpha value is -5.49. The summed E-state index contributed by atoms with van der Waals surface area (Å²) in [5.74, 6) is 0. The van der Waals surface area contributed by atoms with Crippen LogP contribution in [0, 0.1) is 0 Å². The van der Waals surface area contributed by atoms with Gasteiger partial charge in [-0.05, 0) is 66.7 Å². The van der Waals surface area contributed by atoms with Crippen molar-refractivity contribution in [3.63, 3.8) is 0 Å². The molecule has 0 aliphatic rings. The smallest absolute Gasteiger partial charge is 0.135 e. The predicted octanol–water partition coefficient (Wildman–Crippen LogP) is 7.97. The highest BCUT2D eigenvalue weighted by atomic mass is 16.3. The summed E-state index contributed by atoms with van der Waals surface area (Å²) in [6.45, 7) is 0. The largest absolute Gasteiger partial charge is 0.456 e. The lowest BCUT2D eigenvalue weighted by Crippen LogP contribution is -1.96. The zero-order valence-electron chi connectivity index (χ0n) is 20.6. The summed E-state index contributed by atoms with van der Waals surface area (Å²) in [4.78, 5) is 13.6. The molecule has 0 saturated carbocycles. The number of pyridine rings is 3. The van der Waals surface area contributed by atoms with Crippen molar-refractivity contribution in [3.8, 4) is 11.4 Å². The van der Waals surface area contributed by atoms with Gasteiger partial charge >= 0.3 is 0 Å². The first-order valence-corrected chi connectivity index (χ1v) is 12.8. The molecule has 0 atom stereocenters. The van der Waals surface area contributed by atoms with Crippen molar-refractivity contribution in [2.24, 2.45) is 0 Å². The molecule has 3 aromatic carbocycles. The highest BCUT2D eigenvalue weighted by Crippen LogP contribution is 2.37. The minimum Gasteiger partial charge on any atom is -0.456 e. The summed E-state index contributed by atoms with van der Waals surface area (Å²) >= 11 is 0. The summed E-state index contributed by atoms with van der Waals surface area (Å²) in [6, 6.07) is 29.5. The van der Waals surface area contributed by atoms with E-state index in [1.807, 2.05) is 49.2 Å². The maximum Gasteiger partial charge on any atom is 0.135 e. The molecule has 9 aromatic rings. The monoisotopic (exact) mass is 501 g/mol. The van der Waals surface area contributed by atoms with Crippen LogP contribution in [0.4, 0.5) is 0 Å². The first-order valence-electron chi connectivity index (χ1n) is 12.8. The van der Waals surface area contributed by atoms with Gasteiger partial charge in [0.2, 0.25) is 0 Å². The molecule has 6 aromatic heterocycles. The van der Waals surface area contributed by atoms with Crippen LogP contribution in [0.2, 0.25) is 0 Å². The molecule has 0 spiro atoms. The lowest BCUT2D eigenvalue weighted by Gasteiger charge is -2.10. The third-order valence-electron chi connectivity index (χ3n) is 7.75. The van der Waals surface area contributed by atoms with Crippen molar-refractivity contribution in [2.75, 3.05) is 0 Å². The maximum atomic E-state index is 6.09. The van der Waals surface area contributed by atoms with Gasteiger partial charge < -0.3 is 13.6 Å². The maximum absolute atomic E-state index is 6.09. The Bertz CT molecular complexity index is 2360. The van der Waals surface area contributed by atoms with Crippen LogP contribution in [-0.4, -0.2) is 24.1 Å². The standard InChI is InChI=1S/C33H19N5O/c1-2-6-31-22(4-1)23-16-21(8-10-32(23)39-31)38-27-9-7-20(17-24(27)33-30(38)5-3-13-36-33)37-28-11-14-34-18-25(28)26-19-35-15-12-29(26)37/h1-19H. The second kappa shape index (κ2) is 7.52. The van der Waals surface area contributed by atoms with Crippen LogP contribution < -0.4 is 0 Å². The van der Waals surface area contributed by atoms with Crippen molar-refractivity contribution in [1.82, 2.24) is 24.1 Å². The lowest BCUT2D eigenvalue weighted by atomic mass is 10.1. The van der Waals surface area contributed by atoms with Gasteiger partial charge in [-0.25, -0.2) is 0 Å². The second-order valence-electron chi connectivity index (χ2n) is 9.81. The van der Waals surface area contributed by atoms with Crippen molar-refractivity contribution in [3.05, 3.63) is 116 Å². The van der Waals surface area contributed by atoms with Crippen molar-refractivity contribution in [2.45, 2.75) is 0 Å². The molecule has 0 unspecified atom stereocenters. The summed E-state index contributed by atoms with van der Waals surface area (Å²) in [5, 5.41) is 5.49. The van der Waals surface area contributed by atoms with Gasteiger partial charge in [0, 0.05) is 69.3 Å². The lowest BCUT2D eigenvalue weighted by molar-refractivity contribution is 0.669. The zero-order chi connectivity index (χ0) is 25.5. The molecule has 6 heterocycles. The van der Waals surface area contributed by atoms with Gasteiger partial charge in [0.05, 0.1) is 27.6 Å². The topological polar surface area (TPSA) is 61.7 Å². The molecule has 6 nitrogen and oxygen atoms in total. The first-order chi connectivity index (χ1) is 19.3. The third kappa shape index (κ3) is 2.77. The molecule has 0 aliphatic heterocycles. The molecule has 6 heteroatoms. The molecule has 0 radical (unpaired) electrons. The summed E-state index contributed by atoms with van der Waals surface area (Å²) in [6.07, 6.45) is 9.37. The van der Waals surface area contributed by atoms with Crippen LogP contribution in [0.5, 0.6) is 0 Å². The number of hydrogen-bond donors (Lipinski definition) is 0. The van der Waals surface area contributed by atoms with Crippen LogP contribution in [0.15, 0.2) is 120 Å². The minimum atomic E-state index is 0.886. The molecule has 0 bridgehead atoms.